The molecule has 20 heavy (non-hydrogen) atoms. The molecule has 0 aromatic heterocycles. The van der Waals surface area contributed by atoms with Crippen LogP contribution in [0.5, 0.6) is 0 Å². The van der Waals surface area contributed by atoms with Gasteiger partial charge in [0.25, 0.3) is 0 Å². The Balaban J connectivity index is 2.81. The van der Waals surface area contributed by atoms with Crippen molar-refractivity contribution in [2.75, 3.05) is 0 Å². The summed E-state index contributed by atoms with van der Waals surface area (Å²) >= 11 is 8.75. The molecule has 0 aromatic carbocycles. The first-order chi connectivity index (χ1) is 9.22. The maximum absolute atomic E-state index is 2.42. The van der Waals surface area contributed by atoms with Gasteiger partial charge in [0.05, 0.1) is 0 Å². The number of hydrogen-bond acceptors (Lipinski definition) is 4. The highest BCUT2D eigenvalue weighted by atomic mass is 32.2. The zero-order chi connectivity index (χ0) is 15.4. The van der Waals surface area contributed by atoms with Gasteiger partial charge in [0, 0.05) is 42.0 Å². The quantitative estimate of drug-likeness (QED) is 0.521. The van der Waals surface area contributed by atoms with Crippen LogP contribution in [0.2, 0.25) is 0 Å². The van der Waals surface area contributed by atoms with E-state index in [1.165, 1.54) is 0 Å². The fraction of sp³-hybridized carbons (Fsp3) is 1.00. The second-order valence-electron chi connectivity index (χ2n) is 6.19. The molecule has 4 heteroatoms. The number of thioether (sulfide) groups is 4. The average Bonchev–Trinajstić information content (AvgIpc) is 2.36. The summed E-state index contributed by atoms with van der Waals surface area (Å²) in [5.74, 6) is 0. The molecule has 0 amide bonds. The van der Waals surface area contributed by atoms with Crippen molar-refractivity contribution in [3.8, 4) is 0 Å². The van der Waals surface area contributed by atoms with Crippen LogP contribution < -0.4 is 0 Å². The van der Waals surface area contributed by atoms with Gasteiger partial charge in [0.15, 0.2) is 0 Å². The highest BCUT2D eigenvalue weighted by Crippen LogP contribution is 2.40. The van der Waals surface area contributed by atoms with E-state index < -0.39 is 0 Å². The van der Waals surface area contributed by atoms with E-state index in [0.717, 1.165) is 42.0 Å². The Morgan fingerprint density at radius 3 is 0.500 bits per heavy atom. The summed E-state index contributed by atoms with van der Waals surface area (Å²) < 4.78 is 0. The number of hydrogen-bond donors (Lipinski definition) is 0. The normalized spacial score (nSPS) is 49.2. The standard InChI is InChI=1S/C16H32S4/c1-9-10(2)18-13(5)14(6)20-16(8)15(7)19-12(4)11(3)17-9/h9-16H,1-8H3. The zero-order valence-electron chi connectivity index (χ0n) is 14.3. The zero-order valence-corrected chi connectivity index (χ0v) is 17.5. The van der Waals surface area contributed by atoms with E-state index in [2.05, 4.69) is 102 Å². The van der Waals surface area contributed by atoms with E-state index in [0.29, 0.717) is 0 Å². The van der Waals surface area contributed by atoms with Crippen LogP contribution in [0, 0.1) is 0 Å². The molecule has 8 unspecified atom stereocenters. The summed E-state index contributed by atoms with van der Waals surface area (Å²) in [6.07, 6.45) is 0. The Hall–Kier alpha value is 1.40. The smallest absolute Gasteiger partial charge is 0.0138 e. The maximum atomic E-state index is 2.42. The monoisotopic (exact) mass is 352 g/mol. The predicted octanol–water partition coefficient (Wildman–Crippen LogP) is 6.04. The van der Waals surface area contributed by atoms with Crippen LogP contribution in [0.15, 0.2) is 0 Å². The molecule has 120 valence electrons. The minimum Gasteiger partial charge on any atom is -0.153 e. The molecule has 1 aliphatic rings. The number of rotatable bonds is 0. The lowest BCUT2D eigenvalue weighted by atomic mass is 10.3. The van der Waals surface area contributed by atoms with Crippen molar-refractivity contribution in [3.63, 3.8) is 0 Å². The van der Waals surface area contributed by atoms with E-state index >= 15 is 0 Å². The van der Waals surface area contributed by atoms with Crippen molar-refractivity contribution < 1.29 is 0 Å². The Morgan fingerprint density at radius 1 is 0.300 bits per heavy atom. The molecule has 0 nitrogen and oxygen atoms in total. The Bertz CT molecular complexity index is 204. The SMILES string of the molecule is CC1SC(C)C(C)SC(C)C(C)SC(C)C(C)SC1C. The first-order valence-electron chi connectivity index (χ1n) is 7.84. The molecular formula is C16H32S4. The van der Waals surface area contributed by atoms with Crippen molar-refractivity contribution in [1.29, 1.82) is 0 Å². The van der Waals surface area contributed by atoms with Crippen LogP contribution >= 0.6 is 47.0 Å². The molecule has 1 aliphatic heterocycles. The van der Waals surface area contributed by atoms with Crippen LogP contribution in [0.4, 0.5) is 0 Å². The molecular weight excluding hydrogens is 320 g/mol. The first-order valence-corrected chi connectivity index (χ1v) is 11.6. The van der Waals surface area contributed by atoms with E-state index in [-0.39, 0.29) is 0 Å². The van der Waals surface area contributed by atoms with Gasteiger partial charge in [-0.2, -0.15) is 47.0 Å². The van der Waals surface area contributed by atoms with Gasteiger partial charge in [-0.1, -0.05) is 55.4 Å². The summed E-state index contributed by atoms with van der Waals surface area (Å²) in [5, 5.41) is 5.92. The van der Waals surface area contributed by atoms with Crippen molar-refractivity contribution in [2.24, 2.45) is 0 Å². The van der Waals surface area contributed by atoms with Crippen LogP contribution in [-0.2, 0) is 0 Å². The van der Waals surface area contributed by atoms with Crippen molar-refractivity contribution in [3.05, 3.63) is 0 Å². The second kappa shape index (κ2) is 8.88. The van der Waals surface area contributed by atoms with Gasteiger partial charge in [-0.3, -0.25) is 0 Å². The molecule has 0 aromatic rings. The minimum absolute atomic E-state index is 0.741. The minimum atomic E-state index is 0.741. The fourth-order valence-electron chi connectivity index (χ4n) is 2.24. The lowest BCUT2D eigenvalue weighted by molar-refractivity contribution is 0.836. The van der Waals surface area contributed by atoms with Gasteiger partial charge < -0.3 is 0 Å². The molecule has 0 spiro atoms. The molecule has 0 aliphatic carbocycles. The van der Waals surface area contributed by atoms with Crippen LogP contribution in [0.1, 0.15) is 55.4 Å². The molecule has 1 fully saturated rings. The van der Waals surface area contributed by atoms with Gasteiger partial charge >= 0.3 is 0 Å². The summed E-state index contributed by atoms with van der Waals surface area (Å²) in [7, 11) is 0. The molecule has 0 radical (unpaired) electrons. The molecule has 8 atom stereocenters. The summed E-state index contributed by atoms with van der Waals surface area (Å²) in [4.78, 5) is 0. The first kappa shape index (κ1) is 19.4. The van der Waals surface area contributed by atoms with Crippen molar-refractivity contribution in [2.45, 2.75) is 97.4 Å². The average molecular weight is 353 g/mol. The molecule has 0 bridgehead atoms. The molecule has 1 saturated heterocycles. The third kappa shape index (κ3) is 5.89. The fourth-order valence-corrected chi connectivity index (χ4v) is 8.26. The summed E-state index contributed by atoms with van der Waals surface area (Å²) in [5.41, 5.74) is 0. The Morgan fingerprint density at radius 2 is 0.400 bits per heavy atom. The molecule has 0 saturated carbocycles. The lowest BCUT2D eigenvalue weighted by Crippen LogP contribution is -2.29. The molecule has 1 heterocycles. The Labute approximate surface area is 144 Å². The van der Waals surface area contributed by atoms with Crippen molar-refractivity contribution in [1.82, 2.24) is 0 Å². The predicted molar refractivity (Wildman–Crippen MR) is 106 cm³/mol. The van der Waals surface area contributed by atoms with Gasteiger partial charge in [-0.25, -0.2) is 0 Å². The van der Waals surface area contributed by atoms with Gasteiger partial charge in [0.2, 0.25) is 0 Å². The maximum Gasteiger partial charge on any atom is 0.0138 e. The van der Waals surface area contributed by atoms with Crippen LogP contribution in [0.3, 0.4) is 0 Å². The van der Waals surface area contributed by atoms with Crippen molar-refractivity contribution >= 4 is 47.0 Å². The summed E-state index contributed by atoms with van der Waals surface area (Å²) in [6.45, 7) is 19.3. The van der Waals surface area contributed by atoms with E-state index in [9.17, 15) is 0 Å². The summed E-state index contributed by atoms with van der Waals surface area (Å²) in [6, 6.07) is 0. The highest BCUT2D eigenvalue weighted by molar-refractivity contribution is 8.08. The van der Waals surface area contributed by atoms with Crippen LogP contribution in [-0.4, -0.2) is 42.0 Å². The third-order valence-electron chi connectivity index (χ3n) is 4.36. The van der Waals surface area contributed by atoms with Crippen LogP contribution in [0.25, 0.3) is 0 Å². The second-order valence-corrected chi connectivity index (χ2v) is 13.2. The van der Waals surface area contributed by atoms with E-state index in [4.69, 9.17) is 0 Å². The third-order valence-corrected chi connectivity index (χ3v) is 11.8. The van der Waals surface area contributed by atoms with Gasteiger partial charge in [0.1, 0.15) is 0 Å². The van der Waals surface area contributed by atoms with E-state index in [1.807, 2.05) is 0 Å². The highest BCUT2D eigenvalue weighted by Gasteiger charge is 2.28. The molecule has 0 N–H and O–H groups in total. The lowest BCUT2D eigenvalue weighted by Gasteiger charge is -2.34. The van der Waals surface area contributed by atoms with E-state index in [1.54, 1.807) is 0 Å². The van der Waals surface area contributed by atoms with Gasteiger partial charge in [-0.05, 0) is 0 Å². The Kier molecular flexibility index (Phi) is 8.64. The largest absolute Gasteiger partial charge is 0.153 e. The topological polar surface area (TPSA) is 0 Å². The molecule has 1 rings (SSSR count). The van der Waals surface area contributed by atoms with Gasteiger partial charge in [-0.15, -0.1) is 0 Å².